The van der Waals surface area contributed by atoms with Gasteiger partial charge in [-0.3, -0.25) is 0 Å². The van der Waals surface area contributed by atoms with Gasteiger partial charge in [0.15, 0.2) is 0 Å². The summed E-state index contributed by atoms with van der Waals surface area (Å²) in [5.74, 6) is 1.50. The fourth-order valence-corrected chi connectivity index (χ4v) is 2.20. The molecular formula is C15H25NO. The first-order valence-electron chi connectivity index (χ1n) is 6.69. The van der Waals surface area contributed by atoms with Gasteiger partial charge in [-0.05, 0) is 43.5 Å². The fraction of sp³-hybridized carbons (Fsp3) is 0.600. The van der Waals surface area contributed by atoms with Gasteiger partial charge >= 0.3 is 0 Å². The van der Waals surface area contributed by atoms with Gasteiger partial charge in [-0.1, -0.05) is 32.9 Å². The summed E-state index contributed by atoms with van der Waals surface area (Å²) >= 11 is 0. The van der Waals surface area contributed by atoms with Crippen molar-refractivity contribution in [1.29, 1.82) is 0 Å². The molecule has 0 amide bonds. The van der Waals surface area contributed by atoms with Gasteiger partial charge in [0.2, 0.25) is 0 Å². The number of hydrogen-bond donors (Lipinski definition) is 1. The van der Waals surface area contributed by atoms with Crippen LogP contribution in [-0.2, 0) is 0 Å². The van der Waals surface area contributed by atoms with Gasteiger partial charge in [0.05, 0.1) is 6.61 Å². The molecule has 2 unspecified atom stereocenters. The van der Waals surface area contributed by atoms with Crippen molar-refractivity contribution in [2.45, 2.75) is 46.1 Å². The summed E-state index contributed by atoms with van der Waals surface area (Å²) in [6, 6.07) is 9.03. The molecule has 0 saturated heterocycles. The fourth-order valence-electron chi connectivity index (χ4n) is 2.20. The minimum Gasteiger partial charge on any atom is -0.494 e. The summed E-state index contributed by atoms with van der Waals surface area (Å²) in [6.45, 7) is 10.4. The first-order valence-corrected chi connectivity index (χ1v) is 6.69. The third kappa shape index (κ3) is 4.04. The topological polar surface area (TPSA) is 21.3 Å². The Kier molecular flexibility index (Phi) is 6.06. The van der Waals surface area contributed by atoms with Crippen molar-refractivity contribution < 1.29 is 4.74 Å². The molecule has 0 saturated carbocycles. The van der Waals surface area contributed by atoms with Crippen LogP contribution in [0.4, 0.5) is 0 Å². The maximum absolute atomic E-state index is 5.46. The molecular weight excluding hydrogens is 210 g/mol. The summed E-state index contributed by atoms with van der Waals surface area (Å²) in [4.78, 5) is 0. The molecule has 96 valence electrons. The number of hydrogen-bond acceptors (Lipinski definition) is 2. The summed E-state index contributed by atoms with van der Waals surface area (Å²) in [7, 11) is 0. The number of benzene rings is 1. The van der Waals surface area contributed by atoms with E-state index in [0.29, 0.717) is 12.0 Å². The smallest absolute Gasteiger partial charge is 0.119 e. The van der Waals surface area contributed by atoms with Gasteiger partial charge in [-0.2, -0.15) is 0 Å². The molecule has 1 aromatic carbocycles. The summed E-state index contributed by atoms with van der Waals surface area (Å²) in [6.07, 6.45) is 1.15. The van der Waals surface area contributed by atoms with E-state index in [0.717, 1.165) is 25.3 Å². The van der Waals surface area contributed by atoms with Gasteiger partial charge in [0.25, 0.3) is 0 Å². The van der Waals surface area contributed by atoms with Crippen LogP contribution >= 0.6 is 0 Å². The van der Waals surface area contributed by atoms with Gasteiger partial charge in [0.1, 0.15) is 5.75 Å². The molecule has 0 aliphatic rings. The van der Waals surface area contributed by atoms with Gasteiger partial charge < -0.3 is 10.1 Å². The Labute approximate surface area is 105 Å². The highest BCUT2D eigenvalue weighted by Gasteiger charge is 2.15. The van der Waals surface area contributed by atoms with E-state index in [2.05, 4.69) is 50.4 Å². The van der Waals surface area contributed by atoms with Gasteiger partial charge in [-0.15, -0.1) is 0 Å². The molecule has 0 radical (unpaired) electrons. The van der Waals surface area contributed by atoms with Crippen LogP contribution < -0.4 is 10.1 Å². The highest BCUT2D eigenvalue weighted by molar-refractivity contribution is 5.29. The van der Waals surface area contributed by atoms with E-state index >= 15 is 0 Å². The van der Waals surface area contributed by atoms with Crippen molar-refractivity contribution in [3.8, 4) is 5.75 Å². The maximum atomic E-state index is 5.46. The van der Waals surface area contributed by atoms with Crippen molar-refractivity contribution in [2.24, 2.45) is 0 Å². The summed E-state index contributed by atoms with van der Waals surface area (Å²) in [5.41, 5.74) is 1.38. The molecule has 0 aliphatic carbocycles. The van der Waals surface area contributed by atoms with Crippen LogP contribution in [0.25, 0.3) is 0 Å². The molecule has 0 aliphatic heterocycles. The van der Waals surface area contributed by atoms with Crippen LogP contribution in [-0.4, -0.2) is 19.2 Å². The molecule has 0 bridgehead atoms. The van der Waals surface area contributed by atoms with E-state index in [1.54, 1.807) is 0 Å². The second-order valence-corrected chi connectivity index (χ2v) is 4.36. The molecule has 1 rings (SSSR count). The molecule has 0 spiro atoms. The van der Waals surface area contributed by atoms with Crippen LogP contribution in [0.2, 0.25) is 0 Å². The third-order valence-corrected chi connectivity index (χ3v) is 3.23. The van der Waals surface area contributed by atoms with E-state index < -0.39 is 0 Å². The number of likely N-dealkylation sites (N-methyl/N-ethyl adjacent to an activating group) is 1. The molecule has 1 N–H and O–H groups in total. The van der Waals surface area contributed by atoms with Crippen molar-refractivity contribution in [1.82, 2.24) is 5.32 Å². The molecule has 1 aromatic rings. The van der Waals surface area contributed by atoms with Crippen LogP contribution in [0.3, 0.4) is 0 Å². The molecule has 17 heavy (non-hydrogen) atoms. The zero-order valence-corrected chi connectivity index (χ0v) is 11.5. The molecule has 2 atom stereocenters. The first kappa shape index (κ1) is 14.0. The van der Waals surface area contributed by atoms with E-state index in [1.807, 2.05) is 6.92 Å². The van der Waals surface area contributed by atoms with E-state index in [4.69, 9.17) is 4.74 Å². The lowest BCUT2D eigenvalue weighted by Crippen LogP contribution is -2.32. The van der Waals surface area contributed by atoms with Crippen LogP contribution in [0.1, 0.15) is 45.6 Å². The Balaban J connectivity index is 2.70. The Bertz CT molecular complexity index is 307. The molecule has 2 heteroatoms. The maximum Gasteiger partial charge on any atom is 0.119 e. The van der Waals surface area contributed by atoms with Crippen LogP contribution in [0.15, 0.2) is 24.3 Å². The zero-order valence-electron chi connectivity index (χ0n) is 11.5. The van der Waals surface area contributed by atoms with Crippen molar-refractivity contribution in [3.63, 3.8) is 0 Å². The first-order chi connectivity index (χ1) is 8.22. The van der Waals surface area contributed by atoms with Crippen molar-refractivity contribution in [2.75, 3.05) is 13.2 Å². The lowest BCUT2D eigenvalue weighted by atomic mass is 9.91. The van der Waals surface area contributed by atoms with Crippen molar-refractivity contribution in [3.05, 3.63) is 29.8 Å². The minimum atomic E-state index is 0.538. The Morgan fingerprint density at radius 1 is 1.12 bits per heavy atom. The minimum absolute atomic E-state index is 0.538. The highest BCUT2D eigenvalue weighted by Crippen LogP contribution is 2.23. The summed E-state index contributed by atoms with van der Waals surface area (Å²) < 4.78 is 5.46. The lowest BCUT2D eigenvalue weighted by molar-refractivity contribution is 0.340. The molecule has 0 fully saturated rings. The molecule has 0 heterocycles. The van der Waals surface area contributed by atoms with E-state index in [1.165, 1.54) is 5.56 Å². The third-order valence-electron chi connectivity index (χ3n) is 3.23. The van der Waals surface area contributed by atoms with E-state index in [-0.39, 0.29) is 0 Å². The number of rotatable bonds is 7. The standard InChI is InChI=1S/C15H25NO/c1-5-15(16-6-2)12(4)13-8-10-14(11-9-13)17-7-3/h8-12,15-16H,5-7H2,1-4H3. The zero-order chi connectivity index (χ0) is 12.7. The second kappa shape index (κ2) is 7.33. The monoisotopic (exact) mass is 235 g/mol. The van der Waals surface area contributed by atoms with Crippen LogP contribution in [0.5, 0.6) is 5.75 Å². The average molecular weight is 235 g/mol. The highest BCUT2D eigenvalue weighted by atomic mass is 16.5. The van der Waals surface area contributed by atoms with Crippen molar-refractivity contribution >= 4 is 0 Å². The molecule has 2 nitrogen and oxygen atoms in total. The lowest BCUT2D eigenvalue weighted by Gasteiger charge is -2.24. The average Bonchev–Trinajstić information content (AvgIpc) is 2.36. The summed E-state index contributed by atoms with van der Waals surface area (Å²) in [5, 5.41) is 3.54. The predicted octanol–water partition coefficient (Wildman–Crippen LogP) is 3.58. The second-order valence-electron chi connectivity index (χ2n) is 4.36. The number of ether oxygens (including phenoxy) is 1. The van der Waals surface area contributed by atoms with E-state index in [9.17, 15) is 0 Å². The molecule has 0 aromatic heterocycles. The normalized spacial score (nSPS) is 14.4. The van der Waals surface area contributed by atoms with Gasteiger partial charge in [0, 0.05) is 6.04 Å². The predicted molar refractivity (Wildman–Crippen MR) is 73.8 cm³/mol. The number of nitrogens with one attached hydrogen (secondary N) is 1. The van der Waals surface area contributed by atoms with Crippen LogP contribution in [0, 0.1) is 0 Å². The Morgan fingerprint density at radius 2 is 1.76 bits per heavy atom. The SMILES string of the molecule is CCNC(CC)C(C)c1ccc(OCC)cc1. The Hall–Kier alpha value is -1.02. The largest absolute Gasteiger partial charge is 0.494 e. The quantitative estimate of drug-likeness (QED) is 0.780. The van der Waals surface area contributed by atoms with Gasteiger partial charge in [-0.25, -0.2) is 0 Å². The Morgan fingerprint density at radius 3 is 2.24 bits per heavy atom.